The molecule has 2 heterocycles. The maximum absolute atomic E-state index is 11.5. The van der Waals surface area contributed by atoms with E-state index in [1.807, 2.05) is 30.4 Å². The lowest BCUT2D eigenvalue weighted by Gasteiger charge is -1.99. The zero-order valence-electron chi connectivity index (χ0n) is 22.4. The van der Waals surface area contributed by atoms with Gasteiger partial charge in [0.05, 0.1) is 25.0 Å². The molecule has 2 aromatic heterocycles. The summed E-state index contributed by atoms with van der Waals surface area (Å²) in [5, 5.41) is 3.10. The van der Waals surface area contributed by atoms with E-state index >= 15 is 0 Å². The molecule has 0 N–H and O–H groups in total. The maximum atomic E-state index is 11.5. The van der Waals surface area contributed by atoms with Gasteiger partial charge < -0.3 is 0 Å². The van der Waals surface area contributed by atoms with Gasteiger partial charge in [0.2, 0.25) is 0 Å². The van der Waals surface area contributed by atoms with Gasteiger partial charge in [-0.3, -0.25) is 0 Å². The van der Waals surface area contributed by atoms with Crippen LogP contribution in [0.4, 0.5) is 0 Å². The molecule has 1 aliphatic rings. The lowest BCUT2D eigenvalue weighted by Crippen LogP contribution is -2.24. The highest BCUT2D eigenvalue weighted by Gasteiger charge is 2.12. The zero-order chi connectivity index (χ0) is 27.7. The molecule has 0 saturated heterocycles. The van der Waals surface area contributed by atoms with Crippen molar-refractivity contribution in [1.29, 1.82) is 0 Å². The molecule has 0 spiro atoms. The number of aromatic nitrogens is 2. The summed E-state index contributed by atoms with van der Waals surface area (Å²) in [4.78, 5) is 9.82. The van der Waals surface area contributed by atoms with Crippen LogP contribution in [0.15, 0.2) is 89.5 Å². The lowest BCUT2D eigenvalue weighted by molar-refractivity contribution is 0.602. The van der Waals surface area contributed by atoms with Crippen molar-refractivity contribution >= 4 is 53.9 Å². The molecule has 0 bridgehead atoms. The van der Waals surface area contributed by atoms with Crippen molar-refractivity contribution in [2.45, 2.75) is 32.6 Å². The van der Waals surface area contributed by atoms with Crippen LogP contribution in [0.25, 0.3) is 42.5 Å². The number of nitrogens with zero attached hydrogens (tertiary/aromatic N) is 2. The summed E-state index contributed by atoms with van der Waals surface area (Å²) in [6.07, 6.45) is 5.25. The Hall–Kier alpha value is -3.61. The van der Waals surface area contributed by atoms with Gasteiger partial charge in [-0.25, -0.2) is 18.4 Å². The first-order chi connectivity index (χ1) is 18.6. The van der Waals surface area contributed by atoms with Gasteiger partial charge in [0.1, 0.15) is 10.0 Å². The quantitative estimate of drug-likeness (QED) is 0.223. The van der Waals surface area contributed by atoms with E-state index in [4.69, 9.17) is 9.97 Å². The molecule has 6 rings (SSSR count). The van der Waals surface area contributed by atoms with Crippen molar-refractivity contribution in [2.75, 3.05) is 6.26 Å². The van der Waals surface area contributed by atoms with Crippen molar-refractivity contribution in [1.82, 2.24) is 9.97 Å². The molecule has 39 heavy (non-hydrogen) atoms. The molecule has 0 aliphatic heterocycles. The first-order valence-corrected chi connectivity index (χ1v) is 16.0. The Morgan fingerprint density at radius 3 is 1.97 bits per heavy atom. The third-order valence-electron chi connectivity index (χ3n) is 6.45. The van der Waals surface area contributed by atoms with Crippen molar-refractivity contribution in [3.05, 3.63) is 106 Å². The van der Waals surface area contributed by atoms with E-state index < -0.39 is 9.84 Å². The van der Waals surface area contributed by atoms with Crippen LogP contribution in [-0.4, -0.2) is 24.6 Å². The fraction of sp³-hybridized carbons (Fsp3) is 0.156. The second-order valence-electron chi connectivity index (χ2n) is 9.58. The third-order valence-corrected chi connectivity index (χ3v) is 10.1. The molecule has 0 radical (unpaired) electrons. The Morgan fingerprint density at radius 2 is 1.31 bits per heavy atom. The van der Waals surface area contributed by atoms with Crippen LogP contribution < -0.4 is 9.88 Å². The number of allylic oxidation sites excluding steroid dienone is 1. The summed E-state index contributed by atoms with van der Waals surface area (Å²) in [6, 6.07) is 21.4. The number of thiazole rings is 2. The van der Waals surface area contributed by atoms with Crippen molar-refractivity contribution in [3.8, 4) is 21.1 Å². The van der Waals surface area contributed by atoms with Crippen molar-refractivity contribution < 1.29 is 8.42 Å². The second kappa shape index (κ2) is 10.9. The topological polar surface area (TPSA) is 59.9 Å². The molecule has 0 saturated carbocycles. The van der Waals surface area contributed by atoms with Gasteiger partial charge in [0.25, 0.3) is 0 Å². The average Bonchev–Trinajstić information content (AvgIpc) is 3.55. The molecule has 0 amide bonds. The van der Waals surface area contributed by atoms with E-state index in [9.17, 15) is 8.42 Å². The molecule has 0 atom stereocenters. The minimum absolute atomic E-state index is 0.333. The van der Waals surface area contributed by atoms with Gasteiger partial charge >= 0.3 is 0 Å². The molecule has 0 unspecified atom stereocenters. The molecule has 0 fully saturated rings. The van der Waals surface area contributed by atoms with Crippen molar-refractivity contribution in [2.24, 2.45) is 0 Å². The Balaban J connectivity index is 0.000000160. The normalized spacial score (nSPS) is 12.7. The number of benzene rings is 3. The minimum Gasteiger partial charge on any atom is -0.236 e. The van der Waals surface area contributed by atoms with Crippen LogP contribution in [0.3, 0.4) is 0 Å². The summed E-state index contributed by atoms with van der Waals surface area (Å²) in [5.41, 5.74) is 11.1. The number of aryl methyl sites for hydroxylation is 2. The summed E-state index contributed by atoms with van der Waals surface area (Å²) in [7, 11) is -3.16. The smallest absolute Gasteiger partial charge is 0.175 e. The highest BCUT2D eigenvalue weighted by molar-refractivity contribution is 7.90. The Bertz CT molecular complexity index is 1910. The van der Waals surface area contributed by atoms with E-state index in [-0.39, 0.29) is 0 Å². The van der Waals surface area contributed by atoms with E-state index in [0.29, 0.717) is 4.90 Å². The molecule has 5 aromatic rings. The summed E-state index contributed by atoms with van der Waals surface area (Å²) in [6.45, 7) is 8.34. The van der Waals surface area contributed by atoms with Gasteiger partial charge in [-0.15, -0.1) is 28.4 Å². The van der Waals surface area contributed by atoms with E-state index in [0.717, 1.165) is 32.0 Å². The standard InChI is InChI=1S/C16H15NO2S2.C16H13NS/c1-10-4-5-11(2)15-14(10)17-16(20-15)12-6-8-13(9-7-12)21(3,18)19;1-11-7-6-8-12(2)15-14(11)17-16(18-15)13-9-4-3-5-10-13/h4-9H,1-3H3;3-5,7-10H,1-2H3. The monoisotopic (exact) mass is 568 g/mol. The average molecular weight is 569 g/mol. The van der Waals surface area contributed by atoms with Crippen LogP contribution in [0.2, 0.25) is 0 Å². The van der Waals surface area contributed by atoms with Gasteiger partial charge in [-0.2, -0.15) is 0 Å². The molecule has 1 aliphatic carbocycles. The minimum atomic E-state index is -3.16. The van der Waals surface area contributed by atoms with Crippen molar-refractivity contribution in [3.63, 3.8) is 0 Å². The van der Waals surface area contributed by atoms with Gasteiger partial charge in [0, 0.05) is 17.4 Å². The van der Waals surface area contributed by atoms with Gasteiger partial charge in [-0.05, 0) is 74.3 Å². The Morgan fingerprint density at radius 1 is 0.692 bits per heavy atom. The second-order valence-corrected chi connectivity index (χ2v) is 13.6. The van der Waals surface area contributed by atoms with Crippen LogP contribution in [0.1, 0.15) is 25.0 Å². The van der Waals surface area contributed by atoms with E-state index in [1.54, 1.807) is 34.8 Å². The zero-order valence-corrected chi connectivity index (χ0v) is 24.9. The SMILES string of the molecule is CC1=c2nc(-c3ccccc3)sc2=C(C)C=C=C1.Cc1ccc(C)c2sc(-c3ccc(S(C)(=O)=O)cc3)nc12. The highest BCUT2D eigenvalue weighted by Crippen LogP contribution is 2.34. The third kappa shape index (κ3) is 5.72. The molecule has 196 valence electrons. The van der Waals surface area contributed by atoms with Crippen LogP contribution >= 0.6 is 22.7 Å². The van der Waals surface area contributed by atoms with Gasteiger partial charge in [0.15, 0.2) is 9.84 Å². The molecule has 3 aromatic carbocycles. The summed E-state index contributed by atoms with van der Waals surface area (Å²) < 4.78 is 25.4. The number of hydrogen-bond acceptors (Lipinski definition) is 6. The van der Waals surface area contributed by atoms with E-state index in [1.165, 1.54) is 37.8 Å². The number of hydrogen-bond donors (Lipinski definition) is 0. The van der Waals surface area contributed by atoms with E-state index in [2.05, 4.69) is 69.8 Å². The van der Waals surface area contributed by atoms with Gasteiger partial charge in [-0.1, -0.05) is 54.6 Å². The highest BCUT2D eigenvalue weighted by atomic mass is 32.2. The molecular weight excluding hydrogens is 541 g/mol. The first-order valence-electron chi connectivity index (χ1n) is 12.5. The Labute approximate surface area is 237 Å². The summed E-state index contributed by atoms with van der Waals surface area (Å²) in [5.74, 6) is 0. The first kappa shape index (κ1) is 27.0. The molecule has 4 nitrogen and oxygen atoms in total. The predicted molar refractivity (Wildman–Crippen MR) is 165 cm³/mol. The van der Waals surface area contributed by atoms with Crippen LogP contribution in [0, 0.1) is 13.8 Å². The number of fused-ring (bicyclic) bond motifs is 2. The largest absolute Gasteiger partial charge is 0.236 e. The van der Waals surface area contributed by atoms with Crippen LogP contribution in [-0.2, 0) is 9.84 Å². The molecular formula is C32H28N2O2S3. The predicted octanol–water partition coefficient (Wildman–Crippen LogP) is 6.86. The fourth-order valence-electron chi connectivity index (χ4n) is 4.21. The lowest BCUT2D eigenvalue weighted by atomic mass is 10.1. The number of rotatable bonds is 3. The molecule has 7 heteroatoms. The maximum Gasteiger partial charge on any atom is 0.175 e. The Kier molecular flexibility index (Phi) is 7.52. The summed E-state index contributed by atoms with van der Waals surface area (Å²) >= 11 is 3.40. The number of sulfone groups is 1. The fourth-order valence-corrected chi connectivity index (χ4v) is 7.07. The van der Waals surface area contributed by atoms with Crippen LogP contribution in [0.5, 0.6) is 0 Å².